The van der Waals surface area contributed by atoms with E-state index in [2.05, 4.69) is 4.98 Å². The molecule has 4 rings (SSSR count). The lowest BCUT2D eigenvalue weighted by Gasteiger charge is -2.20. The summed E-state index contributed by atoms with van der Waals surface area (Å²) >= 11 is 0. The number of amides is 1. The Morgan fingerprint density at radius 1 is 1.06 bits per heavy atom. The number of nitrogens with one attached hydrogen (secondary N) is 1. The third kappa shape index (κ3) is 5.20. The molecule has 0 saturated carbocycles. The average molecular weight is 472 g/mol. The molecule has 9 heteroatoms. The highest BCUT2D eigenvalue weighted by atomic mass is 16.6. The van der Waals surface area contributed by atoms with Crippen molar-refractivity contribution in [3.63, 3.8) is 0 Å². The van der Waals surface area contributed by atoms with E-state index < -0.39 is 4.92 Å². The Balaban J connectivity index is 1.80. The minimum Gasteiger partial charge on any atom is -0.494 e. The van der Waals surface area contributed by atoms with Gasteiger partial charge in [0.25, 0.3) is 5.69 Å². The summed E-state index contributed by atoms with van der Waals surface area (Å²) in [5.41, 5.74) is 3.39. The van der Waals surface area contributed by atoms with Crippen LogP contribution in [0.25, 0.3) is 10.9 Å². The van der Waals surface area contributed by atoms with Crippen LogP contribution in [0.5, 0.6) is 5.88 Å². The first-order chi connectivity index (χ1) is 16.9. The van der Waals surface area contributed by atoms with Crippen LogP contribution in [0.2, 0.25) is 0 Å². The van der Waals surface area contributed by atoms with Crippen LogP contribution in [0.4, 0.5) is 17.1 Å². The third-order valence-electron chi connectivity index (χ3n) is 5.59. The molecule has 4 aromatic rings. The van der Waals surface area contributed by atoms with Crippen molar-refractivity contribution >= 4 is 40.1 Å². The van der Waals surface area contributed by atoms with Gasteiger partial charge < -0.3 is 19.9 Å². The maximum Gasteiger partial charge on any atom is 0.270 e. The van der Waals surface area contributed by atoms with Gasteiger partial charge in [-0.1, -0.05) is 30.3 Å². The first-order valence-electron chi connectivity index (χ1n) is 11.0. The van der Waals surface area contributed by atoms with E-state index in [0.29, 0.717) is 34.4 Å². The Kier molecular flexibility index (Phi) is 6.88. The number of hydrogen-bond acceptors (Lipinski definition) is 6. The van der Waals surface area contributed by atoms with Gasteiger partial charge in [-0.15, -0.1) is 0 Å². The summed E-state index contributed by atoms with van der Waals surface area (Å²) in [5, 5.41) is 22.6. The number of fused-ring (bicyclic) bond motifs is 1. The number of aromatic hydroxyl groups is 1. The molecule has 0 aliphatic heterocycles. The number of nitrogens with zero attached hydrogens (tertiary/aromatic N) is 4. The number of rotatable bonds is 9. The number of carbonyl (C=O) groups excluding carboxylic acids is 1. The molecule has 0 aliphatic rings. The van der Waals surface area contributed by atoms with Crippen molar-refractivity contribution in [1.82, 2.24) is 9.88 Å². The summed E-state index contributed by atoms with van der Waals surface area (Å²) in [7, 11) is 3.89. The van der Waals surface area contributed by atoms with Crippen LogP contribution in [-0.4, -0.2) is 59.2 Å². The molecule has 0 unspecified atom stereocenters. The molecule has 35 heavy (non-hydrogen) atoms. The van der Waals surface area contributed by atoms with Crippen LogP contribution < -0.4 is 4.90 Å². The highest BCUT2D eigenvalue weighted by Gasteiger charge is 2.21. The van der Waals surface area contributed by atoms with Crippen molar-refractivity contribution in [2.75, 3.05) is 32.1 Å². The van der Waals surface area contributed by atoms with Crippen molar-refractivity contribution < 1.29 is 14.8 Å². The number of hydrogen-bond donors (Lipinski definition) is 2. The number of likely N-dealkylation sites (N-methyl/N-ethyl adjacent to an activating group) is 1. The van der Waals surface area contributed by atoms with E-state index in [1.165, 1.54) is 12.1 Å². The lowest BCUT2D eigenvalue weighted by Crippen LogP contribution is -2.30. The number of nitro groups is 1. The Labute approximate surface area is 202 Å². The molecule has 0 atom stereocenters. The van der Waals surface area contributed by atoms with E-state index in [1.54, 1.807) is 23.1 Å². The van der Waals surface area contributed by atoms with Gasteiger partial charge in [-0.2, -0.15) is 0 Å². The van der Waals surface area contributed by atoms with Crippen LogP contribution in [0.3, 0.4) is 0 Å². The number of carbonyl (C=O) groups is 1. The predicted molar refractivity (Wildman–Crippen MR) is 137 cm³/mol. The van der Waals surface area contributed by atoms with Gasteiger partial charge in [0, 0.05) is 47.4 Å². The topological polar surface area (TPSA) is 115 Å². The second-order valence-corrected chi connectivity index (χ2v) is 8.28. The zero-order valence-electron chi connectivity index (χ0n) is 19.4. The summed E-state index contributed by atoms with van der Waals surface area (Å²) in [6, 6.07) is 20.9. The number of aromatic amines is 1. The molecule has 0 radical (unpaired) electrons. The van der Waals surface area contributed by atoms with Crippen molar-refractivity contribution in [2.24, 2.45) is 4.99 Å². The van der Waals surface area contributed by atoms with Gasteiger partial charge in [0.2, 0.25) is 6.41 Å². The van der Waals surface area contributed by atoms with E-state index in [-0.39, 0.29) is 11.6 Å². The third-order valence-corrected chi connectivity index (χ3v) is 5.59. The molecule has 3 aromatic carbocycles. The minimum atomic E-state index is -0.472. The van der Waals surface area contributed by atoms with Gasteiger partial charge in [-0.05, 0) is 44.4 Å². The number of nitro benzene ring substituents is 1. The quantitative estimate of drug-likeness (QED) is 0.162. The van der Waals surface area contributed by atoms with Crippen molar-refractivity contribution in [2.45, 2.75) is 0 Å². The molecule has 1 aromatic heterocycles. The second kappa shape index (κ2) is 10.2. The normalized spacial score (nSPS) is 11.7. The van der Waals surface area contributed by atoms with E-state index in [4.69, 9.17) is 4.99 Å². The molecular weight excluding hydrogens is 446 g/mol. The van der Waals surface area contributed by atoms with Crippen LogP contribution in [-0.2, 0) is 4.79 Å². The Bertz CT molecular complexity index is 1380. The van der Waals surface area contributed by atoms with Gasteiger partial charge in [0.05, 0.1) is 21.9 Å². The van der Waals surface area contributed by atoms with E-state index in [9.17, 15) is 20.0 Å². The molecule has 0 aliphatic carbocycles. The smallest absolute Gasteiger partial charge is 0.270 e. The minimum absolute atomic E-state index is 0.0822. The van der Waals surface area contributed by atoms with Gasteiger partial charge >= 0.3 is 0 Å². The van der Waals surface area contributed by atoms with E-state index in [0.717, 1.165) is 24.2 Å². The standard InChI is InChI=1S/C26H25N5O4/c1-29(2)14-15-30(17-32)20-10-8-19(9-11-20)27-25(18-6-4-3-5-7-18)24-22-16-21(31(34)35)12-13-23(22)28-26(24)33/h3-13,16-17,28,33H,14-15H2,1-2H3. The fourth-order valence-corrected chi connectivity index (χ4v) is 3.78. The average Bonchev–Trinajstić information content (AvgIpc) is 3.18. The van der Waals surface area contributed by atoms with E-state index in [1.807, 2.05) is 61.5 Å². The summed E-state index contributed by atoms with van der Waals surface area (Å²) in [4.78, 5) is 33.8. The van der Waals surface area contributed by atoms with E-state index >= 15 is 0 Å². The number of aliphatic imine (C=N–C) groups is 1. The van der Waals surface area contributed by atoms with Gasteiger partial charge in [0.1, 0.15) is 0 Å². The lowest BCUT2D eigenvalue weighted by atomic mass is 10.0. The largest absolute Gasteiger partial charge is 0.494 e. The molecule has 0 bridgehead atoms. The molecule has 1 heterocycles. The molecule has 9 nitrogen and oxygen atoms in total. The van der Waals surface area contributed by atoms with Crippen LogP contribution in [0, 0.1) is 10.1 Å². The van der Waals surface area contributed by atoms with Crippen LogP contribution in [0.15, 0.2) is 77.8 Å². The monoisotopic (exact) mass is 471 g/mol. The molecule has 178 valence electrons. The molecule has 0 spiro atoms. The molecule has 0 saturated heterocycles. The number of benzene rings is 3. The van der Waals surface area contributed by atoms with Gasteiger partial charge in [-0.25, -0.2) is 4.99 Å². The van der Waals surface area contributed by atoms with Crippen molar-refractivity contribution in [3.05, 3.63) is 94.0 Å². The van der Waals surface area contributed by atoms with Crippen molar-refractivity contribution in [3.8, 4) is 5.88 Å². The molecule has 1 amide bonds. The molecule has 0 fully saturated rings. The number of H-pyrrole nitrogens is 1. The zero-order chi connectivity index (χ0) is 24.9. The molecular formula is C26H25N5O4. The first kappa shape index (κ1) is 23.7. The van der Waals surface area contributed by atoms with Crippen LogP contribution >= 0.6 is 0 Å². The fourth-order valence-electron chi connectivity index (χ4n) is 3.78. The lowest BCUT2D eigenvalue weighted by molar-refractivity contribution is -0.384. The second-order valence-electron chi connectivity index (χ2n) is 8.28. The number of anilines is 1. The SMILES string of the molecule is CN(C)CCN(C=O)c1ccc(N=C(c2ccccc2)c2c(O)[nH]c3ccc([N+](=O)[O-])cc23)cc1. The predicted octanol–water partition coefficient (Wildman–Crippen LogP) is 4.48. The highest BCUT2D eigenvalue weighted by molar-refractivity contribution is 6.22. The Morgan fingerprint density at radius 3 is 2.40 bits per heavy atom. The summed E-state index contributed by atoms with van der Waals surface area (Å²) in [6.07, 6.45) is 0.800. The molecule has 2 N–H and O–H groups in total. The summed E-state index contributed by atoms with van der Waals surface area (Å²) < 4.78 is 0. The number of aromatic nitrogens is 1. The first-order valence-corrected chi connectivity index (χ1v) is 11.0. The highest BCUT2D eigenvalue weighted by Crippen LogP contribution is 2.33. The Hall–Kier alpha value is -4.50. The number of non-ortho nitro benzene ring substituents is 1. The van der Waals surface area contributed by atoms with Gasteiger partial charge in [0.15, 0.2) is 5.88 Å². The summed E-state index contributed by atoms with van der Waals surface area (Å²) in [6.45, 7) is 1.28. The zero-order valence-corrected chi connectivity index (χ0v) is 19.4. The van der Waals surface area contributed by atoms with Crippen LogP contribution in [0.1, 0.15) is 11.1 Å². The fraction of sp³-hybridized carbons (Fsp3) is 0.154. The van der Waals surface area contributed by atoms with Gasteiger partial charge in [-0.3, -0.25) is 14.9 Å². The van der Waals surface area contributed by atoms with Crippen molar-refractivity contribution in [1.29, 1.82) is 0 Å². The maximum absolute atomic E-state index is 11.6. The maximum atomic E-state index is 11.6. The summed E-state index contributed by atoms with van der Waals surface area (Å²) in [5.74, 6) is -0.129. The Morgan fingerprint density at radius 2 is 1.77 bits per heavy atom.